The number of hydrogen-bond acceptors (Lipinski definition) is 4. The highest BCUT2D eigenvalue weighted by molar-refractivity contribution is 7.89. The van der Waals surface area contributed by atoms with Crippen LogP contribution in [0.15, 0.2) is 17.3 Å². The second-order valence-corrected chi connectivity index (χ2v) is 6.88. The Morgan fingerprint density at radius 3 is 2.47 bits per heavy atom. The number of carbonyl (C=O) groups is 1. The Kier molecular flexibility index (Phi) is 3.06. The highest BCUT2D eigenvalue weighted by atomic mass is 32.2. The lowest BCUT2D eigenvalue weighted by atomic mass is 10.3. The van der Waals surface area contributed by atoms with Crippen molar-refractivity contribution < 1.29 is 13.2 Å². The third kappa shape index (κ3) is 2.37. The maximum atomic E-state index is 12.2. The van der Waals surface area contributed by atoms with E-state index in [1.54, 1.807) is 4.90 Å². The Balaban J connectivity index is 1.65. The van der Waals surface area contributed by atoms with Crippen LogP contribution in [0.2, 0.25) is 0 Å². The second kappa shape index (κ2) is 4.61. The largest absolute Gasteiger partial charge is 0.340 e. The predicted octanol–water partition coefficient (Wildman–Crippen LogP) is -0.347. The first-order valence-corrected chi connectivity index (χ1v) is 7.81. The molecule has 1 aromatic heterocycles. The molecule has 8 heteroatoms. The van der Waals surface area contributed by atoms with Crippen LogP contribution in [0.3, 0.4) is 0 Å². The maximum Gasteiger partial charge on any atom is 0.246 e. The van der Waals surface area contributed by atoms with Crippen molar-refractivity contribution in [3.8, 4) is 0 Å². The number of carbonyl (C=O) groups excluding carboxylic acids is 1. The Morgan fingerprint density at radius 2 is 1.95 bits per heavy atom. The minimum Gasteiger partial charge on any atom is -0.340 e. The van der Waals surface area contributed by atoms with Crippen molar-refractivity contribution in [2.24, 2.45) is 5.92 Å². The summed E-state index contributed by atoms with van der Waals surface area (Å²) in [5.41, 5.74) is 0. The standard InChI is InChI=1S/C11H16N4O3S/c16-11(9-1-2-9)14-3-5-15(6-4-14)19(17,18)10-7-12-13-8-10/h7-9H,1-6H2,(H,12,13). The number of sulfonamides is 1. The van der Waals surface area contributed by atoms with Gasteiger partial charge in [0, 0.05) is 38.3 Å². The summed E-state index contributed by atoms with van der Waals surface area (Å²) in [6.45, 7) is 1.66. The lowest BCUT2D eigenvalue weighted by Gasteiger charge is -2.33. The Labute approximate surface area is 111 Å². The number of H-pyrrole nitrogens is 1. The Bertz CT molecular complexity index is 557. The van der Waals surface area contributed by atoms with Crippen LogP contribution in [-0.2, 0) is 14.8 Å². The van der Waals surface area contributed by atoms with E-state index in [0.29, 0.717) is 26.2 Å². The molecule has 7 nitrogen and oxygen atoms in total. The minimum atomic E-state index is -3.47. The van der Waals surface area contributed by atoms with Gasteiger partial charge in [-0.25, -0.2) is 8.42 Å². The van der Waals surface area contributed by atoms with Crippen LogP contribution in [-0.4, -0.2) is 59.9 Å². The summed E-state index contributed by atoms with van der Waals surface area (Å²) >= 11 is 0. The van der Waals surface area contributed by atoms with Crippen LogP contribution >= 0.6 is 0 Å². The molecule has 0 aromatic carbocycles. The number of nitrogens with zero attached hydrogens (tertiary/aromatic N) is 3. The molecule has 1 saturated carbocycles. The van der Waals surface area contributed by atoms with E-state index in [1.165, 1.54) is 16.7 Å². The van der Waals surface area contributed by atoms with Gasteiger partial charge in [0.05, 0.1) is 6.20 Å². The second-order valence-electron chi connectivity index (χ2n) is 4.94. The summed E-state index contributed by atoms with van der Waals surface area (Å²) in [6, 6.07) is 0. The fourth-order valence-electron chi connectivity index (χ4n) is 2.27. The van der Waals surface area contributed by atoms with Gasteiger partial charge in [-0.15, -0.1) is 0 Å². The molecule has 104 valence electrons. The maximum absolute atomic E-state index is 12.2. The fraction of sp³-hybridized carbons (Fsp3) is 0.636. The van der Waals surface area contributed by atoms with Gasteiger partial charge in [0.25, 0.3) is 0 Å². The number of amides is 1. The molecule has 0 spiro atoms. The van der Waals surface area contributed by atoms with Gasteiger partial charge in [0.2, 0.25) is 15.9 Å². The average Bonchev–Trinajstić information content (AvgIpc) is 3.11. The van der Waals surface area contributed by atoms with Gasteiger partial charge in [-0.1, -0.05) is 0 Å². The number of nitrogens with one attached hydrogen (secondary N) is 1. The summed E-state index contributed by atoms with van der Waals surface area (Å²) in [6.07, 6.45) is 4.63. The van der Waals surface area contributed by atoms with Crippen molar-refractivity contribution in [2.75, 3.05) is 26.2 Å². The average molecular weight is 284 g/mol. The summed E-state index contributed by atoms with van der Waals surface area (Å²) in [7, 11) is -3.47. The molecule has 0 bridgehead atoms. The van der Waals surface area contributed by atoms with Crippen LogP contribution < -0.4 is 0 Å². The number of hydrogen-bond donors (Lipinski definition) is 1. The molecule has 1 amide bonds. The van der Waals surface area contributed by atoms with E-state index >= 15 is 0 Å². The van der Waals surface area contributed by atoms with Gasteiger partial charge in [-0.05, 0) is 12.8 Å². The van der Waals surface area contributed by atoms with Crippen LogP contribution in [0, 0.1) is 5.92 Å². The Hall–Kier alpha value is -1.41. The molecule has 1 aliphatic carbocycles. The quantitative estimate of drug-likeness (QED) is 0.822. The van der Waals surface area contributed by atoms with Gasteiger partial charge < -0.3 is 4.90 Å². The van der Waals surface area contributed by atoms with Crippen molar-refractivity contribution in [2.45, 2.75) is 17.7 Å². The Morgan fingerprint density at radius 1 is 1.26 bits per heavy atom. The lowest BCUT2D eigenvalue weighted by molar-refractivity contribution is -0.133. The van der Waals surface area contributed by atoms with Gasteiger partial charge in [-0.2, -0.15) is 9.40 Å². The number of rotatable bonds is 3. The molecule has 1 N–H and O–H groups in total. The summed E-state index contributed by atoms with van der Waals surface area (Å²) in [4.78, 5) is 13.8. The molecule has 19 heavy (non-hydrogen) atoms. The fourth-order valence-corrected chi connectivity index (χ4v) is 3.60. The molecular weight excluding hydrogens is 268 g/mol. The van der Waals surface area contributed by atoms with Gasteiger partial charge in [0.15, 0.2) is 0 Å². The van der Waals surface area contributed by atoms with Crippen molar-refractivity contribution in [1.82, 2.24) is 19.4 Å². The molecule has 0 atom stereocenters. The first kappa shape index (κ1) is 12.6. The molecule has 1 saturated heterocycles. The van der Waals surface area contributed by atoms with Crippen LogP contribution in [0.4, 0.5) is 0 Å². The molecular formula is C11H16N4O3S. The van der Waals surface area contributed by atoms with Crippen molar-refractivity contribution in [3.05, 3.63) is 12.4 Å². The third-order valence-corrected chi connectivity index (χ3v) is 5.45. The van der Waals surface area contributed by atoms with E-state index in [4.69, 9.17) is 0 Å². The zero-order chi connectivity index (χ0) is 13.5. The molecule has 2 aliphatic rings. The molecule has 0 radical (unpaired) electrons. The van der Waals surface area contributed by atoms with Crippen LogP contribution in [0.1, 0.15) is 12.8 Å². The van der Waals surface area contributed by atoms with Crippen molar-refractivity contribution in [1.29, 1.82) is 0 Å². The highest BCUT2D eigenvalue weighted by Crippen LogP contribution is 2.31. The first-order chi connectivity index (χ1) is 9.09. The van der Waals surface area contributed by atoms with Gasteiger partial charge in [-0.3, -0.25) is 9.89 Å². The van der Waals surface area contributed by atoms with Crippen molar-refractivity contribution in [3.63, 3.8) is 0 Å². The first-order valence-electron chi connectivity index (χ1n) is 6.37. The molecule has 2 heterocycles. The SMILES string of the molecule is O=C(C1CC1)N1CCN(S(=O)(=O)c2cn[nH]c2)CC1. The molecule has 3 rings (SSSR count). The highest BCUT2D eigenvalue weighted by Gasteiger charge is 2.36. The molecule has 2 fully saturated rings. The third-order valence-electron chi connectivity index (χ3n) is 3.59. The van der Waals surface area contributed by atoms with Crippen molar-refractivity contribution >= 4 is 15.9 Å². The van der Waals surface area contributed by atoms with E-state index in [-0.39, 0.29) is 16.7 Å². The zero-order valence-corrected chi connectivity index (χ0v) is 11.3. The minimum absolute atomic E-state index is 0.175. The van der Waals surface area contributed by atoms with E-state index in [1.807, 2.05) is 0 Å². The number of aromatic nitrogens is 2. The lowest BCUT2D eigenvalue weighted by Crippen LogP contribution is -2.50. The monoisotopic (exact) mass is 284 g/mol. The molecule has 1 aromatic rings. The zero-order valence-electron chi connectivity index (χ0n) is 10.4. The van der Waals surface area contributed by atoms with E-state index in [0.717, 1.165) is 12.8 Å². The topological polar surface area (TPSA) is 86.4 Å². The normalized spacial score (nSPS) is 21.6. The van der Waals surface area contributed by atoms with Gasteiger partial charge in [0.1, 0.15) is 4.90 Å². The van der Waals surface area contributed by atoms with E-state index < -0.39 is 10.0 Å². The summed E-state index contributed by atoms with van der Waals surface area (Å²) in [5.74, 6) is 0.373. The number of piperazine rings is 1. The summed E-state index contributed by atoms with van der Waals surface area (Å²) < 4.78 is 25.9. The molecule has 1 aliphatic heterocycles. The van der Waals surface area contributed by atoms with Crippen LogP contribution in [0.25, 0.3) is 0 Å². The van der Waals surface area contributed by atoms with Crippen LogP contribution in [0.5, 0.6) is 0 Å². The predicted molar refractivity (Wildman–Crippen MR) is 66.7 cm³/mol. The number of aromatic amines is 1. The van der Waals surface area contributed by atoms with E-state index in [2.05, 4.69) is 10.2 Å². The van der Waals surface area contributed by atoms with E-state index in [9.17, 15) is 13.2 Å². The van der Waals surface area contributed by atoms with Gasteiger partial charge >= 0.3 is 0 Å². The summed E-state index contributed by atoms with van der Waals surface area (Å²) in [5, 5.41) is 6.17. The smallest absolute Gasteiger partial charge is 0.246 e. The molecule has 0 unspecified atom stereocenters.